The van der Waals surface area contributed by atoms with Crippen LogP contribution in [0.5, 0.6) is 0 Å². The van der Waals surface area contributed by atoms with Gasteiger partial charge in [0.05, 0.1) is 6.26 Å². The van der Waals surface area contributed by atoms with Crippen molar-refractivity contribution in [3.63, 3.8) is 0 Å². The highest BCUT2D eigenvalue weighted by molar-refractivity contribution is 5.84. The summed E-state index contributed by atoms with van der Waals surface area (Å²) in [5.74, 6) is -0.309. The Hall–Kier alpha value is -1.52. The van der Waals surface area contributed by atoms with E-state index in [1.54, 1.807) is 0 Å². The van der Waals surface area contributed by atoms with Gasteiger partial charge in [0.2, 0.25) is 5.91 Å². The van der Waals surface area contributed by atoms with Crippen LogP contribution in [0.4, 0.5) is 4.79 Å². The minimum absolute atomic E-state index is 0.261. The van der Waals surface area contributed by atoms with Gasteiger partial charge in [0.15, 0.2) is 0 Å². The van der Waals surface area contributed by atoms with Crippen LogP contribution in [0, 0.1) is 5.92 Å². The lowest BCUT2D eigenvalue weighted by atomic mass is 10.0. The van der Waals surface area contributed by atoms with Crippen molar-refractivity contribution in [3.8, 4) is 0 Å². The van der Waals surface area contributed by atoms with Crippen LogP contribution in [0.15, 0.2) is 12.8 Å². The minimum atomic E-state index is -0.718. The summed E-state index contributed by atoms with van der Waals surface area (Å²) in [6.45, 7) is 7.07. The summed E-state index contributed by atoms with van der Waals surface area (Å²) >= 11 is 0. The Morgan fingerprint density at radius 2 is 2.14 bits per heavy atom. The standard InChI is InChI=1S/C9H16N2O3/c1-4-14-9(13)11-7(8(10)12)5-6(2)3/h4,6-7H,1,5H2,2-3H3,(H2,10,12)(H,11,13)/t7-/m0/s1. The van der Waals surface area contributed by atoms with Gasteiger partial charge >= 0.3 is 6.09 Å². The molecule has 0 rings (SSSR count). The predicted molar refractivity (Wildman–Crippen MR) is 52.3 cm³/mol. The number of primary amides is 1. The molecule has 0 aliphatic carbocycles. The highest BCUT2D eigenvalue weighted by atomic mass is 16.5. The third kappa shape index (κ3) is 5.18. The van der Waals surface area contributed by atoms with Crippen LogP contribution < -0.4 is 11.1 Å². The van der Waals surface area contributed by atoms with Crippen molar-refractivity contribution in [2.45, 2.75) is 26.3 Å². The molecule has 0 fully saturated rings. The molecular weight excluding hydrogens is 184 g/mol. The lowest BCUT2D eigenvalue weighted by molar-refractivity contribution is -0.120. The number of nitrogens with one attached hydrogen (secondary N) is 1. The molecule has 0 unspecified atom stereocenters. The molecule has 0 aromatic rings. The number of carbonyl (C=O) groups excluding carboxylic acids is 2. The summed E-state index contributed by atoms with van der Waals surface area (Å²) in [7, 11) is 0. The highest BCUT2D eigenvalue weighted by Gasteiger charge is 2.19. The molecule has 1 atom stereocenters. The molecule has 3 N–H and O–H groups in total. The monoisotopic (exact) mass is 200 g/mol. The minimum Gasteiger partial charge on any atom is -0.419 e. The second kappa shape index (κ2) is 6.01. The molecule has 5 heteroatoms. The first-order chi connectivity index (χ1) is 6.47. The lowest BCUT2D eigenvalue weighted by Gasteiger charge is -2.16. The van der Waals surface area contributed by atoms with Gasteiger partial charge in [-0.2, -0.15) is 0 Å². The van der Waals surface area contributed by atoms with E-state index in [2.05, 4.69) is 16.6 Å². The molecule has 14 heavy (non-hydrogen) atoms. The van der Waals surface area contributed by atoms with E-state index in [9.17, 15) is 9.59 Å². The maximum atomic E-state index is 10.9. The molecule has 0 radical (unpaired) electrons. The van der Waals surface area contributed by atoms with Gasteiger partial charge in [-0.3, -0.25) is 4.79 Å². The van der Waals surface area contributed by atoms with Gasteiger partial charge in [0, 0.05) is 0 Å². The summed E-state index contributed by atoms with van der Waals surface area (Å²) in [4.78, 5) is 21.8. The van der Waals surface area contributed by atoms with E-state index in [1.807, 2.05) is 13.8 Å². The number of carbonyl (C=O) groups is 2. The topological polar surface area (TPSA) is 81.4 Å². The first-order valence-electron chi connectivity index (χ1n) is 4.34. The maximum Gasteiger partial charge on any atom is 0.412 e. The van der Waals surface area contributed by atoms with Gasteiger partial charge in [-0.1, -0.05) is 20.4 Å². The van der Waals surface area contributed by atoms with Crippen LogP contribution in [0.25, 0.3) is 0 Å². The van der Waals surface area contributed by atoms with E-state index in [0.29, 0.717) is 6.42 Å². The average molecular weight is 200 g/mol. The van der Waals surface area contributed by atoms with Crippen LogP contribution in [-0.2, 0) is 9.53 Å². The van der Waals surface area contributed by atoms with Crippen LogP contribution in [0.3, 0.4) is 0 Å². The number of ether oxygens (including phenoxy) is 1. The number of rotatable bonds is 5. The zero-order valence-corrected chi connectivity index (χ0v) is 8.45. The van der Waals surface area contributed by atoms with E-state index < -0.39 is 18.0 Å². The van der Waals surface area contributed by atoms with Crippen LogP contribution >= 0.6 is 0 Å². The maximum absolute atomic E-state index is 10.9. The van der Waals surface area contributed by atoms with Crippen molar-refractivity contribution >= 4 is 12.0 Å². The Morgan fingerprint density at radius 1 is 1.57 bits per heavy atom. The number of nitrogens with two attached hydrogens (primary N) is 1. The van der Waals surface area contributed by atoms with Crippen molar-refractivity contribution in [1.82, 2.24) is 5.32 Å². The molecular formula is C9H16N2O3. The molecule has 0 aromatic carbocycles. The van der Waals surface area contributed by atoms with E-state index in [-0.39, 0.29) is 5.92 Å². The molecule has 0 aromatic heterocycles. The molecule has 2 amide bonds. The first-order valence-corrected chi connectivity index (χ1v) is 4.34. The van der Waals surface area contributed by atoms with E-state index in [0.717, 1.165) is 6.26 Å². The average Bonchev–Trinajstić information content (AvgIpc) is 2.02. The van der Waals surface area contributed by atoms with Crippen LogP contribution in [0.2, 0.25) is 0 Å². The van der Waals surface area contributed by atoms with Gasteiger partial charge in [0.25, 0.3) is 0 Å². The Morgan fingerprint density at radius 3 is 2.50 bits per heavy atom. The number of alkyl carbamates (subject to hydrolysis) is 1. The fourth-order valence-electron chi connectivity index (χ4n) is 0.970. The van der Waals surface area contributed by atoms with Gasteiger partial charge in [0.1, 0.15) is 6.04 Å². The summed E-state index contributed by atoms with van der Waals surface area (Å²) in [6.07, 6.45) is 0.758. The molecule has 0 spiro atoms. The largest absolute Gasteiger partial charge is 0.419 e. The SMILES string of the molecule is C=COC(=O)N[C@@H](CC(C)C)C(N)=O. The second-order valence-corrected chi connectivity index (χ2v) is 3.30. The molecule has 0 saturated heterocycles. The molecule has 80 valence electrons. The number of hydrogen-bond donors (Lipinski definition) is 2. The molecule has 0 aliphatic heterocycles. The van der Waals surface area contributed by atoms with Crippen LogP contribution in [-0.4, -0.2) is 18.0 Å². The second-order valence-electron chi connectivity index (χ2n) is 3.30. The number of hydrogen-bond acceptors (Lipinski definition) is 3. The Bertz CT molecular complexity index is 226. The summed E-state index contributed by atoms with van der Waals surface area (Å²) in [6, 6.07) is -0.692. The molecule has 0 saturated carbocycles. The van der Waals surface area contributed by atoms with Gasteiger partial charge in [-0.05, 0) is 12.3 Å². The fourth-order valence-corrected chi connectivity index (χ4v) is 0.970. The lowest BCUT2D eigenvalue weighted by Crippen LogP contribution is -2.45. The molecule has 5 nitrogen and oxygen atoms in total. The fraction of sp³-hybridized carbons (Fsp3) is 0.556. The first kappa shape index (κ1) is 12.5. The molecule has 0 heterocycles. The molecule has 0 aliphatic rings. The van der Waals surface area contributed by atoms with Crippen molar-refractivity contribution < 1.29 is 14.3 Å². The van der Waals surface area contributed by atoms with E-state index >= 15 is 0 Å². The van der Waals surface area contributed by atoms with Crippen LogP contribution in [0.1, 0.15) is 20.3 Å². The smallest absolute Gasteiger partial charge is 0.412 e. The summed E-state index contributed by atoms with van der Waals surface area (Å²) in [5, 5.41) is 2.34. The van der Waals surface area contributed by atoms with Crippen molar-refractivity contribution in [2.24, 2.45) is 11.7 Å². The third-order valence-electron chi connectivity index (χ3n) is 1.53. The van der Waals surface area contributed by atoms with Gasteiger partial charge < -0.3 is 15.8 Å². The zero-order chi connectivity index (χ0) is 11.1. The normalized spacial score (nSPS) is 11.9. The van der Waals surface area contributed by atoms with Gasteiger partial charge in [-0.15, -0.1) is 0 Å². The Kier molecular flexibility index (Phi) is 5.36. The Labute approximate surface area is 83.3 Å². The quantitative estimate of drug-likeness (QED) is 0.643. The molecule has 0 bridgehead atoms. The summed E-state index contributed by atoms with van der Waals surface area (Å²) in [5.41, 5.74) is 5.09. The van der Waals surface area contributed by atoms with E-state index in [4.69, 9.17) is 5.73 Å². The van der Waals surface area contributed by atoms with E-state index in [1.165, 1.54) is 0 Å². The summed E-state index contributed by atoms with van der Waals surface area (Å²) < 4.78 is 4.41. The predicted octanol–water partition coefficient (Wildman–Crippen LogP) is 0.756. The Balaban J connectivity index is 4.15. The van der Waals surface area contributed by atoms with Crippen molar-refractivity contribution in [3.05, 3.63) is 12.8 Å². The van der Waals surface area contributed by atoms with Gasteiger partial charge in [-0.25, -0.2) is 4.79 Å². The third-order valence-corrected chi connectivity index (χ3v) is 1.53. The number of amides is 2. The highest BCUT2D eigenvalue weighted by Crippen LogP contribution is 2.04. The zero-order valence-electron chi connectivity index (χ0n) is 8.45. The van der Waals surface area contributed by atoms with Crippen molar-refractivity contribution in [1.29, 1.82) is 0 Å². The van der Waals surface area contributed by atoms with Crippen molar-refractivity contribution in [2.75, 3.05) is 0 Å².